The Balaban J connectivity index is 2.18. The second-order valence-corrected chi connectivity index (χ2v) is 12.7. The molecular formula is C31H36ClFN4O7S. The second-order valence-electron chi connectivity index (χ2n) is 10.4. The highest BCUT2D eigenvalue weighted by molar-refractivity contribution is 7.92. The monoisotopic (exact) mass is 662 g/mol. The van der Waals surface area contributed by atoms with E-state index in [0.29, 0.717) is 12.0 Å². The van der Waals surface area contributed by atoms with Crippen LogP contribution < -0.4 is 14.4 Å². The normalized spacial score (nSPS) is 12.6. The third-order valence-corrected chi connectivity index (χ3v) is 9.30. The molecule has 2 atom stereocenters. The Bertz CT molecular complexity index is 1650. The summed E-state index contributed by atoms with van der Waals surface area (Å²) in [5, 5.41) is 14.7. The van der Waals surface area contributed by atoms with Gasteiger partial charge in [-0.25, -0.2) is 12.8 Å². The molecule has 0 aliphatic carbocycles. The highest BCUT2D eigenvalue weighted by atomic mass is 35.5. The standard InChI is InChI=1S/C31H36ClFN4O7S/c1-6-21(4)34-31(39)26(7-2)35(18-22-9-12-24(33)13-10-22)30(38)19-36(28-16-23(32)11-15-29(28)44-5)45(42,43)25-14-8-20(3)27(17-25)37(40)41/h8-17,21,26H,6-7,18-19H2,1-5H3,(H,34,39)/t21-,26-/m1/s1. The van der Waals surface area contributed by atoms with Gasteiger partial charge in [-0.05, 0) is 68.7 Å². The summed E-state index contributed by atoms with van der Waals surface area (Å²) < 4.78 is 48.3. The summed E-state index contributed by atoms with van der Waals surface area (Å²) in [5.41, 5.74) is 0.223. The average Bonchev–Trinajstić information content (AvgIpc) is 3.00. The summed E-state index contributed by atoms with van der Waals surface area (Å²) >= 11 is 6.25. The minimum atomic E-state index is -4.67. The number of carbonyl (C=O) groups is 2. The molecule has 2 amide bonds. The van der Waals surface area contributed by atoms with Crippen molar-refractivity contribution in [1.29, 1.82) is 0 Å². The first-order valence-electron chi connectivity index (χ1n) is 14.2. The van der Waals surface area contributed by atoms with E-state index < -0.39 is 55.7 Å². The molecule has 3 aromatic rings. The quantitative estimate of drug-likeness (QED) is 0.175. The third kappa shape index (κ3) is 8.49. The number of benzene rings is 3. The smallest absolute Gasteiger partial charge is 0.273 e. The summed E-state index contributed by atoms with van der Waals surface area (Å²) in [6.45, 7) is 5.93. The second kappa shape index (κ2) is 15.2. The van der Waals surface area contributed by atoms with Gasteiger partial charge < -0.3 is 15.0 Å². The summed E-state index contributed by atoms with van der Waals surface area (Å²) in [6.07, 6.45) is 0.823. The largest absolute Gasteiger partial charge is 0.495 e. The van der Waals surface area contributed by atoms with Gasteiger partial charge in [-0.1, -0.05) is 43.6 Å². The van der Waals surface area contributed by atoms with Gasteiger partial charge in [0.05, 0.1) is 22.6 Å². The fraction of sp³-hybridized carbons (Fsp3) is 0.355. The number of nitrogens with zero attached hydrogens (tertiary/aromatic N) is 3. The molecule has 45 heavy (non-hydrogen) atoms. The molecule has 242 valence electrons. The molecule has 3 rings (SSSR count). The number of nitro groups is 1. The number of rotatable bonds is 14. The first-order chi connectivity index (χ1) is 21.2. The fourth-order valence-corrected chi connectivity index (χ4v) is 6.20. The van der Waals surface area contributed by atoms with E-state index in [1.54, 1.807) is 6.92 Å². The maximum atomic E-state index is 14.2. The number of halogens is 2. The summed E-state index contributed by atoms with van der Waals surface area (Å²) in [5.74, 6) is -1.64. The zero-order valence-corrected chi connectivity index (χ0v) is 27.2. The zero-order valence-electron chi connectivity index (χ0n) is 25.6. The molecule has 3 aromatic carbocycles. The van der Waals surface area contributed by atoms with E-state index in [1.807, 2.05) is 13.8 Å². The summed E-state index contributed by atoms with van der Waals surface area (Å²) in [4.78, 5) is 39.4. The van der Waals surface area contributed by atoms with Crippen LogP contribution >= 0.6 is 11.6 Å². The van der Waals surface area contributed by atoms with Crippen LogP contribution in [0.1, 0.15) is 44.7 Å². The van der Waals surface area contributed by atoms with Crippen LogP contribution in [-0.2, 0) is 26.2 Å². The van der Waals surface area contributed by atoms with Gasteiger partial charge in [0.2, 0.25) is 11.8 Å². The predicted octanol–water partition coefficient (Wildman–Crippen LogP) is 5.62. The third-order valence-electron chi connectivity index (χ3n) is 7.31. The number of hydrogen-bond acceptors (Lipinski definition) is 7. The Morgan fingerprint density at radius 3 is 2.31 bits per heavy atom. The number of amides is 2. The number of hydrogen-bond donors (Lipinski definition) is 1. The van der Waals surface area contributed by atoms with E-state index in [4.69, 9.17) is 16.3 Å². The molecule has 0 spiro atoms. The number of ether oxygens (including phenoxy) is 1. The van der Waals surface area contributed by atoms with Crippen LogP contribution in [0.25, 0.3) is 0 Å². The lowest BCUT2D eigenvalue weighted by Gasteiger charge is -2.34. The minimum Gasteiger partial charge on any atom is -0.495 e. The van der Waals surface area contributed by atoms with E-state index >= 15 is 0 Å². The van der Waals surface area contributed by atoms with Crippen molar-refractivity contribution in [2.75, 3.05) is 18.0 Å². The highest BCUT2D eigenvalue weighted by Crippen LogP contribution is 2.36. The zero-order chi connectivity index (χ0) is 33.5. The van der Waals surface area contributed by atoms with Crippen LogP contribution in [0, 0.1) is 22.9 Å². The van der Waals surface area contributed by atoms with E-state index in [1.165, 1.54) is 73.5 Å². The molecular weight excluding hydrogens is 627 g/mol. The van der Waals surface area contributed by atoms with Gasteiger partial charge in [0.1, 0.15) is 24.2 Å². The molecule has 0 unspecified atom stereocenters. The predicted molar refractivity (Wildman–Crippen MR) is 169 cm³/mol. The van der Waals surface area contributed by atoms with Crippen molar-refractivity contribution < 1.29 is 32.1 Å². The first kappa shape index (κ1) is 35.3. The van der Waals surface area contributed by atoms with Crippen molar-refractivity contribution in [3.05, 3.63) is 92.7 Å². The van der Waals surface area contributed by atoms with Gasteiger partial charge in [-0.3, -0.25) is 24.0 Å². The highest BCUT2D eigenvalue weighted by Gasteiger charge is 2.36. The van der Waals surface area contributed by atoms with Gasteiger partial charge in [0.25, 0.3) is 15.7 Å². The molecule has 0 aliphatic heterocycles. The maximum absolute atomic E-state index is 14.2. The van der Waals surface area contributed by atoms with Crippen LogP contribution in [0.3, 0.4) is 0 Å². The van der Waals surface area contributed by atoms with Crippen molar-refractivity contribution in [1.82, 2.24) is 10.2 Å². The van der Waals surface area contributed by atoms with Crippen molar-refractivity contribution in [2.45, 2.75) is 64.1 Å². The Labute approximate surface area is 267 Å². The van der Waals surface area contributed by atoms with Crippen LogP contribution in [0.4, 0.5) is 15.8 Å². The Hall–Kier alpha value is -4.23. The summed E-state index contributed by atoms with van der Waals surface area (Å²) in [7, 11) is -3.36. The number of nitrogens with one attached hydrogen (secondary N) is 1. The number of carbonyl (C=O) groups excluding carboxylic acids is 2. The molecule has 0 bridgehead atoms. The van der Waals surface area contributed by atoms with Gasteiger partial charge in [0, 0.05) is 29.2 Å². The molecule has 0 radical (unpaired) electrons. The van der Waals surface area contributed by atoms with Gasteiger partial charge >= 0.3 is 0 Å². The molecule has 0 aliphatic rings. The maximum Gasteiger partial charge on any atom is 0.273 e. The molecule has 0 saturated heterocycles. The minimum absolute atomic E-state index is 0.0593. The van der Waals surface area contributed by atoms with E-state index in [-0.39, 0.29) is 41.0 Å². The molecule has 14 heteroatoms. The van der Waals surface area contributed by atoms with Crippen LogP contribution in [0.15, 0.2) is 65.6 Å². The topological polar surface area (TPSA) is 139 Å². The number of sulfonamides is 1. The Kier molecular flexibility index (Phi) is 11.9. The van der Waals surface area contributed by atoms with E-state index in [0.717, 1.165) is 10.4 Å². The molecule has 0 fully saturated rings. The van der Waals surface area contributed by atoms with Gasteiger partial charge in [0.15, 0.2) is 0 Å². The Morgan fingerprint density at radius 2 is 1.73 bits per heavy atom. The average molecular weight is 663 g/mol. The number of nitro benzene ring substituents is 1. The SMILES string of the molecule is CC[C@@H](C)NC(=O)[C@@H](CC)N(Cc1ccc(F)cc1)C(=O)CN(c1cc(Cl)ccc1OC)S(=O)(=O)c1ccc(C)c([N+](=O)[O-])c1. The number of anilines is 1. The fourth-order valence-electron chi connectivity index (χ4n) is 4.59. The van der Waals surface area contributed by atoms with Gasteiger partial charge in [-0.15, -0.1) is 0 Å². The van der Waals surface area contributed by atoms with Crippen molar-refractivity contribution >= 4 is 44.8 Å². The number of methoxy groups -OCH3 is 1. The lowest BCUT2D eigenvalue weighted by Crippen LogP contribution is -2.53. The first-order valence-corrected chi connectivity index (χ1v) is 16.0. The lowest BCUT2D eigenvalue weighted by atomic mass is 10.1. The molecule has 0 aromatic heterocycles. The molecule has 1 N–H and O–H groups in total. The molecule has 11 nitrogen and oxygen atoms in total. The van der Waals surface area contributed by atoms with E-state index in [9.17, 15) is 32.5 Å². The van der Waals surface area contributed by atoms with E-state index in [2.05, 4.69) is 5.32 Å². The Morgan fingerprint density at radius 1 is 1.07 bits per heavy atom. The summed E-state index contributed by atoms with van der Waals surface area (Å²) in [6, 6.07) is 11.8. The molecule has 0 heterocycles. The van der Waals surface area contributed by atoms with Crippen molar-refractivity contribution in [3.63, 3.8) is 0 Å². The number of aryl methyl sites for hydroxylation is 1. The molecule has 0 saturated carbocycles. The van der Waals surface area contributed by atoms with Crippen molar-refractivity contribution in [2.24, 2.45) is 0 Å². The van der Waals surface area contributed by atoms with Crippen LogP contribution in [0.2, 0.25) is 5.02 Å². The van der Waals surface area contributed by atoms with Crippen molar-refractivity contribution in [3.8, 4) is 5.75 Å². The van der Waals surface area contributed by atoms with Gasteiger partial charge in [-0.2, -0.15) is 0 Å². The van der Waals surface area contributed by atoms with Crippen LogP contribution in [0.5, 0.6) is 5.75 Å². The van der Waals surface area contributed by atoms with Crippen LogP contribution in [-0.4, -0.2) is 55.8 Å². The lowest BCUT2D eigenvalue weighted by molar-refractivity contribution is -0.385.